The molecule has 0 amide bonds. The number of ether oxygens (including phenoxy) is 2. The molecule has 14 heteroatoms. The van der Waals surface area contributed by atoms with Crippen molar-refractivity contribution in [3.05, 3.63) is 57.1 Å². The Bertz CT molecular complexity index is 1030. The molecule has 9 nitrogen and oxygen atoms in total. The predicted octanol–water partition coefficient (Wildman–Crippen LogP) is 0.134. The molecule has 0 aliphatic heterocycles. The Kier molecular flexibility index (Phi) is 10.2. The number of nitriles is 1. The maximum absolute atomic E-state index is 12.7. The van der Waals surface area contributed by atoms with E-state index in [1.54, 1.807) is 6.07 Å². The van der Waals surface area contributed by atoms with E-state index in [-0.39, 0.29) is 51.8 Å². The molecule has 0 saturated heterocycles. The van der Waals surface area contributed by atoms with E-state index in [9.17, 15) is 33.2 Å². The van der Waals surface area contributed by atoms with E-state index in [1.807, 2.05) is 0 Å². The molecule has 164 valence electrons. The first-order chi connectivity index (χ1) is 14.5. The van der Waals surface area contributed by atoms with E-state index in [2.05, 4.69) is 5.32 Å². The van der Waals surface area contributed by atoms with Crippen LogP contribution in [0.25, 0.3) is 0 Å². The van der Waals surface area contributed by atoms with E-state index in [0.717, 1.165) is 24.3 Å². The van der Waals surface area contributed by atoms with Crippen LogP contribution < -0.4 is 44.7 Å². The summed E-state index contributed by atoms with van der Waals surface area (Å²) >= 11 is 5.83. The van der Waals surface area contributed by atoms with Crippen molar-refractivity contribution in [2.75, 3.05) is 18.5 Å². The Morgan fingerprint density at radius 1 is 1.28 bits per heavy atom. The summed E-state index contributed by atoms with van der Waals surface area (Å²) < 4.78 is 48.4. The van der Waals surface area contributed by atoms with E-state index in [0.29, 0.717) is 6.07 Å². The number of carboxylic acids is 1. The summed E-state index contributed by atoms with van der Waals surface area (Å²) in [5, 5.41) is 32.9. The van der Waals surface area contributed by atoms with E-state index >= 15 is 0 Å². The van der Waals surface area contributed by atoms with Crippen molar-refractivity contribution < 1.29 is 67.0 Å². The Morgan fingerprint density at radius 2 is 1.97 bits per heavy atom. The number of nitrogens with zero attached hydrogens (tertiary/aromatic N) is 2. The first-order valence-electron chi connectivity index (χ1n) is 8.28. The van der Waals surface area contributed by atoms with Crippen LogP contribution >= 0.6 is 11.6 Å². The quantitative estimate of drug-likeness (QED) is 0.303. The number of halogens is 4. The van der Waals surface area contributed by atoms with Crippen molar-refractivity contribution in [3.63, 3.8) is 0 Å². The topological polar surface area (TPSA) is 138 Å². The molecular formula is C18H12ClF3N3NaO6. The molecule has 1 unspecified atom stereocenters. The van der Waals surface area contributed by atoms with Crippen molar-refractivity contribution in [1.82, 2.24) is 0 Å². The molecule has 0 radical (unpaired) electrons. The van der Waals surface area contributed by atoms with Gasteiger partial charge in [-0.25, -0.2) is 0 Å². The van der Waals surface area contributed by atoms with Gasteiger partial charge in [-0.1, -0.05) is 11.6 Å². The van der Waals surface area contributed by atoms with Crippen LogP contribution in [0, 0.1) is 21.4 Å². The second kappa shape index (κ2) is 11.9. The number of nitro groups is 1. The number of nitro benzene ring substituents is 1. The number of benzene rings is 2. The third-order valence-corrected chi connectivity index (χ3v) is 3.94. The summed E-state index contributed by atoms with van der Waals surface area (Å²) in [6.45, 7) is -1.20. The smallest absolute Gasteiger partial charge is 0.548 e. The third-order valence-electron chi connectivity index (χ3n) is 3.64. The minimum atomic E-state index is -4.60. The fourth-order valence-corrected chi connectivity index (χ4v) is 2.52. The number of alkyl halides is 3. The van der Waals surface area contributed by atoms with Crippen LogP contribution in [0.15, 0.2) is 36.4 Å². The Morgan fingerprint density at radius 3 is 2.50 bits per heavy atom. The minimum absolute atomic E-state index is 0. The maximum Gasteiger partial charge on any atom is 1.00 e. The summed E-state index contributed by atoms with van der Waals surface area (Å²) in [7, 11) is 0. The molecule has 2 aromatic carbocycles. The fourth-order valence-electron chi connectivity index (χ4n) is 2.30. The number of carbonyl (C=O) groups is 1. The average molecular weight is 482 g/mol. The number of nitrogens with one attached hydrogen (secondary N) is 1. The van der Waals surface area contributed by atoms with Gasteiger partial charge in [-0.2, -0.15) is 18.4 Å². The van der Waals surface area contributed by atoms with E-state index < -0.39 is 47.6 Å². The van der Waals surface area contributed by atoms with Gasteiger partial charge in [0.25, 0.3) is 5.69 Å². The molecule has 0 bridgehead atoms. The van der Waals surface area contributed by atoms with Crippen LogP contribution in [0.3, 0.4) is 0 Å². The van der Waals surface area contributed by atoms with Crippen LogP contribution in [0.5, 0.6) is 11.5 Å². The van der Waals surface area contributed by atoms with Crippen LogP contribution in [0.4, 0.5) is 24.5 Å². The van der Waals surface area contributed by atoms with Crippen LogP contribution in [0.2, 0.25) is 5.02 Å². The summed E-state index contributed by atoms with van der Waals surface area (Å²) in [5.74, 6) is -1.67. The van der Waals surface area contributed by atoms with Gasteiger partial charge < -0.3 is 24.7 Å². The van der Waals surface area contributed by atoms with Crippen LogP contribution in [0.1, 0.15) is 5.56 Å². The van der Waals surface area contributed by atoms with Gasteiger partial charge in [0.15, 0.2) is 0 Å². The van der Waals surface area contributed by atoms with Gasteiger partial charge in [0.1, 0.15) is 23.2 Å². The Labute approximate surface area is 206 Å². The van der Waals surface area contributed by atoms with Gasteiger partial charge in [0.05, 0.1) is 40.8 Å². The number of aliphatic carboxylic acids is 1. The number of rotatable bonds is 9. The Hall–Kier alpha value is -2.56. The second-order valence-electron chi connectivity index (χ2n) is 5.89. The maximum atomic E-state index is 12.7. The SMILES string of the molecule is N#CC(COCC(=O)[O-])Nc1cc(Oc2ccc(C(F)(F)F)cc2Cl)ccc1[N+](=O)[O-].[Na+]. The van der Waals surface area contributed by atoms with E-state index in [4.69, 9.17) is 26.3 Å². The zero-order valence-electron chi connectivity index (χ0n) is 16.3. The molecule has 0 aliphatic rings. The third kappa shape index (κ3) is 7.85. The minimum Gasteiger partial charge on any atom is -0.548 e. The summed E-state index contributed by atoms with van der Waals surface area (Å²) in [5.41, 5.74) is -1.59. The largest absolute Gasteiger partial charge is 1.00 e. The summed E-state index contributed by atoms with van der Waals surface area (Å²) in [6, 6.07) is 6.37. The summed E-state index contributed by atoms with van der Waals surface area (Å²) in [4.78, 5) is 20.9. The first-order valence-corrected chi connectivity index (χ1v) is 8.66. The van der Waals surface area contributed by atoms with Crippen molar-refractivity contribution in [2.24, 2.45) is 0 Å². The molecule has 1 N–H and O–H groups in total. The van der Waals surface area contributed by atoms with Gasteiger partial charge in [-0.15, -0.1) is 0 Å². The van der Waals surface area contributed by atoms with Gasteiger partial charge in [0, 0.05) is 12.1 Å². The van der Waals surface area contributed by atoms with Gasteiger partial charge in [-0.3, -0.25) is 10.1 Å². The zero-order chi connectivity index (χ0) is 23.2. The monoisotopic (exact) mass is 481 g/mol. The molecule has 2 rings (SSSR count). The number of anilines is 1. The average Bonchev–Trinajstić information content (AvgIpc) is 2.67. The van der Waals surface area contributed by atoms with Crippen molar-refractivity contribution >= 4 is 28.9 Å². The molecule has 0 heterocycles. The van der Waals surface area contributed by atoms with Crippen molar-refractivity contribution in [3.8, 4) is 17.6 Å². The Balaban J connectivity index is 0.00000512. The number of hydrogen-bond acceptors (Lipinski definition) is 8. The second-order valence-corrected chi connectivity index (χ2v) is 6.30. The molecule has 0 saturated carbocycles. The number of carboxylic acid groups (broad SMARTS) is 1. The molecule has 0 aliphatic carbocycles. The molecular weight excluding hydrogens is 470 g/mol. The molecule has 32 heavy (non-hydrogen) atoms. The van der Waals surface area contributed by atoms with Crippen LogP contribution in [-0.4, -0.2) is 30.1 Å². The van der Waals surface area contributed by atoms with E-state index in [1.165, 1.54) is 6.07 Å². The van der Waals surface area contributed by atoms with Crippen molar-refractivity contribution in [1.29, 1.82) is 5.26 Å². The number of carbonyl (C=O) groups excluding carboxylic acids is 1. The van der Waals surface area contributed by atoms with Crippen LogP contribution in [-0.2, 0) is 15.7 Å². The van der Waals surface area contributed by atoms with Gasteiger partial charge >= 0.3 is 35.7 Å². The standard InChI is InChI=1S/C18H13ClF3N3O6.Na/c19-13-5-10(18(20,21)22)1-4-16(13)31-12-2-3-15(25(28)29)14(6-12)24-11(7-23)8-30-9-17(26)27;/h1-6,11,24H,8-9H2,(H,26,27);/q;+1/p-1. The fraction of sp³-hybridized carbons (Fsp3) is 0.222. The number of hydrogen-bond donors (Lipinski definition) is 1. The molecule has 0 spiro atoms. The zero-order valence-corrected chi connectivity index (χ0v) is 19.1. The van der Waals surface area contributed by atoms with Gasteiger partial charge in [0.2, 0.25) is 0 Å². The normalized spacial score (nSPS) is 11.6. The summed E-state index contributed by atoms with van der Waals surface area (Å²) in [6.07, 6.45) is -4.60. The molecule has 1 atom stereocenters. The molecule has 0 aromatic heterocycles. The first kappa shape index (κ1) is 27.5. The molecule has 0 fully saturated rings. The molecule has 2 aromatic rings. The van der Waals surface area contributed by atoms with Gasteiger partial charge in [-0.05, 0) is 24.3 Å². The predicted molar refractivity (Wildman–Crippen MR) is 98.5 cm³/mol. The van der Waals surface area contributed by atoms with Crippen molar-refractivity contribution in [2.45, 2.75) is 12.2 Å².